The van der Waals surface area contributed by atoms with Crippen molar-refractivity contribution in [1.82, 2.24) is 9.61 Å². The summed E-state index contributed by atoms with van der Waals surface area (Å²) in [4.78, 5) is 0. The Kier molecular flexibility index (Phi) is 2.07. The van der Waals surface area contributed by atoms with E-state index >= 15 is 0 Å². The van der Waals surface area contributed by atoms with Gasteiger partial charge in [-0.2, -0.15) is 5.10 Å². The van der Waals surface area contributed by atoms with Gasteiger partial charge in [0.2, 0.25) is 0 Å². The number of fused-ring (bicyclic) bond motifs is 1. The van der Waals surface area contributed by atoms with E-state index in [1.807, 2.05) is 6.92 Å². The second kappa shape index (κ2) is 3.05. The first-order valence-corrected chi connectivity index (χ1v) is 5.05. The van der Waals surface area contributed by atoms with Crippen LogP contribution in [-0.2, 0) is 5.41 Å². The van der Waals surface area contributed by atoms with Crippen molar-refractivity contribution in [1.29, 1.82) is 0 Å². The predicted octanol–water partition coefficient (Wildman–Crippen LogP) is 3.08. The molecule has 0 spiro atoms. The summed E-state index contributed by atoms with van der Waals surface area (Å²) in [6.45, 7) is 8.14. The molecule has 0 unspecified atom stereocenters. The van der Waals surface area contributed by atoms with E-state index in [9.17, 15) is 4.39 Å². The topological polar surface area (TPSA) is 17.3 Å². The molecule has 2 aromatic rings. The number of aromatic nitrogens is 2. The lowest BCUT2D eigenvalue weighted by atomic mass is 9.86. The highest BCUT2D eigenvalue weighted by Crippen LogP contribution is 2.30. The van der Waals surface area contributed by atoms with Gasteiger partial charge in [0.1, 0.15) is 11.3 Å². The summed E-state index contributed by atoms with van der Waals surface area (Å²) in [6.07, 6.45) is 1.78. The minimum atomic E-state index is -0.206. The van der Waals surface area contributed by atoms with Crippen LogP contribution >= 0.6 is 0 Å². The Morgan fingerprint density at radius 3 is 2.60 bits per heavy atom. The fourth-order valence-corrected chi connectivity index (χ4v) is 2.07. The Hall–Kier alpha value is -1.38. The molecule has 0 bridgehead atoms. The smallest absolute Gasteiger partial charge is 0.149 e. The largest absolute Gasteiger partial charge is 0.237 e. The average molecular weight is 206 g/mol. The fraction of sp³-hybridized carbons (Fsp3) is 0.417. The zero-order valence-electron chi connectivity index (χ0n) is 9.50. The van der Waals surface area contributed by atoms with Gasteiger partial charge >= 0.3 is 0 Å². The van der Waals surface area contributed by atoms with Gasteiger partial charge in [-0.1, -0.05) is 20.8 Å². The first kappa shape index (κ1) is 10.1. The quantitative estimate of drug-likeness (QED) is 0.647. The molecule has 2 nitrogen and oxygen atoms in total. The molecule has 80 valence electrons. The fourth-order valence-electron chi connectivity index (χ4n) is 2.07. The molecule has 2 rings (SSSR count). The molecule has 15 heavy (non-hydrogen) atoms. The third-order valence-electron chi connectivity index (χ3n) is 2.53. The Bertz CT molecular complexity index is 506. The van der Waals surface area contributed by atoms with Gasteiger partial charge in [0.25, 0.3) is 0 Å². The number of halogens is 1. The summed E-state index contributed by atoms with van der Waals surface area (Å²) < 4.78 is 15.3. The van der Waals surface area contributed by atoms with Crippen molar-refractivity contribution < 1.29 is 4.39 Å². The van der Waals surface area contributed by atoms with Crippen molar-refractivity contribution in [3.05, 3.63) is 35.4 Å². The molecule has 0 amide bonds. The van der Waals surface area contributed by atoms with Gasteiger partial charge in [0.15, 0.2) is 0 Å². The number of nitrogens with zero attached hydrogens (tertiary/aromatic N) is 2. The lowest BCUT2D eigenvalue weighted by Gasteiger charge is -2.18. The summed E-state index contributed by atoms with van der Waals surface area (Å²) in [6, 6.07) is 3.15. The predicted molar refractivity (Wildman–Crippen MR) is 58.6 cm³/mol. The van der Waals surface area contributed by atoms with Crippen LogP contribution in [0.1, 0.15) is 32.0 Å². The molecule has 0 aliphatic rings. The molecule has 0 N–H and O–H groups in total. The van der Waals surface area contributed by atoms with Crippen molar-refractivity contribution in [2.24, 2.45) is 0 Å². The summed E-state index contributed by atoms with van der Waals surface area (Å²) in [7, 11) is 0. The van der Waals surface area contributed by atoms with Gasteiger partial charge in [-0.15, -0.1) is 0 Å². The summed E-state index contributed by atoms with van der Waals surface area (Å²) >= 11 is 0. The van der Waals surface area contributed by atoms with Crippen molar-refractivity contribution >= 4 is 5.52 Å². The number of hydrogen-bond acceptors (Lipinski definition) is 1. The molecular formula is C12H15FN2. The van der Waals surface area contributed by atoms with Gasteiger partial charge in [-0.25, -0.2) is 8.91 Å². The molecular weight excluding hydrogens is 191 g/mol. The van der Waals surface area contributed by atoms with Crippen LogP contribution in [0.25, 0.3) is 5.52 Å². The first-order valence-electron chi connectivity index (χ1n) is 5.05. The van der Waals surface area contributed by atoms with E-state index in [0.29, 0.717) is 5.52 Å². The SMILES string of the molecule is Cc1nn2cccc(F)c2c1C(C)(C)C. The maximum atomic E-state index is 13.7. The van der Waals surface area contributed by atoms with Crippen molar-refractivity contribution in [2.75, 3.05) is 0 Å². The molecule has 0 aromatic carbocycles. The van der Waals surface area contributed by atoms with E-state index in [2.05, 4.69) is 25.9 Å². The number of aryl methyl sites for hydroxylation is 1. The molecule has 0 aliphatic heterocycles. The van der Waals surface area contributed by atoms with E-state index in [1.54, 1.807) is 16.8 Å². The van der Waals surface area contributed by atoms with Crippen molar-refractivity contribution in [3.8, 4) is 0 Å². The molecule has 0 saturated heterocycles. The highest BCUT2D eigenvalue weighted by Gasteiger charge is 2.24. The van der Waals surface area contributed by atoms with Crippen LogP contribution in [0.15, 0.2) is 18.3 Å². The van der Waals surface area contributed by atoms with Gasteiger partial charge in [0.05, 0.1) is 5.69 Å². The number of rotatable bonds is 0. The van der Waals surface area contributed by atoms with E-state index in [4.69, 9.17) is 0 Å². The van der Waals surface area contributed by atoms with E-state index in [-0.39, 0.29) is 11.2 Å². The monoisotopic (exact) mass is 206 g/mol. The molecule has 2 aromatic heterocycles. The Labute approximate surface area is 88.7 Å². The summed E-state index contributed by atoms with van der Waals surface area (Å²) in [5, 5.41) is 4.32. The van der Waals surface area contributed by atoms with E-state index in [1.165, 1.54) is 6.07 Å². The van der Waals surface area contributed by atoms with Crippen LogP contribution in [0.3, 0.4) is 0 Å². The maximum Gasteiger partial charge on any atom is 0.149 e. The summed E-state index contributed by atoms with van der Waals surface area (Å²) in [5.41, 5.74) is 2.39. The van der Waals surface area contributed by atoms with Crippen LogP contribution < -0.4 is 0 Å². The standard InChI is InChI=1S/C12H15FN2/c1-8-10(12(2,3)4)11-9(13)6-5-7-15(11)14-8/h5-7H,1-4H3. The molecule has 2 heterocycles. The second-order valence-corrected chi connectivity index (χ2v) is 4.86. The Balaban J connectivity index is 2.89. The van der Waals surface area contributed by atoms with Crippen LogP contribution in [0.5, 0.6) is 0 Å². The second-order valence-electron chi connectivity index (χ2n) is 4.86. The van der Waals surface area contributed by atoms with E-state index < -0.39 is 0 Å². The van der Waals surface area contributed by atoms with Crippen LogP contribution in [-0.4, -0.2) is 9.61 Å². The Morgan fingerprint density at radius 1 is 1.33 bits per heavy atom. The molecule has 0 atom stereocenters. The van der Waals surface area contributed by atoms with Gasteiger partial charge < -0.3 is 0 Å². The van der Waals surface area contributed by atoms with Gasteiger partial charge in [0, 0.05) is 11.8 Å². The molecule has 0 saturated carbocycles. The van der Waals surface area contributed by atoms with Gasteiger partial charge in [-0.3, -0.25) is 0 Å². The lowest BCUT2D eigenvalue weighted by Crippen LogP contribution is -2.12. The number of pyridine rings is 1. The zero-order chi connectivity index (χ0) is 11.2. The zero-order valence-corrected chi connectivity index (χ0v) is 9.50. The first-order chi connectivity index (χ1) is 6.91. The van der Waals surface area contributed by atoms with Crippen molar-refractivity contribution in [2.45, 2.75) is 33.1 Å². The molecule has 0 aliphatic carbocycles. The summed E-state index contributed by atoms with van der Waals surface area (Å²) in [5.74, 6) is -0.206. The van der Waals surface area contributed by atoms with Crippen LogP contribution in [0.2, 0.25) is 0 Å². The molecule has 0 radical (unpaired) electrons. The third kappa shape index (κ3) is 1.52. The minimum Gasteiger partial charge on any atom is -0.237 e. The lowest BCUT2D eigenvalue weighted by molar-refractivity contribution is 0.582. The maximum absolute atomic E-state index is 13.7. The third-order valence-corrected chi connectivity index (χ3v) is 2.53. The highest BCUT2D eigenvalue weighted by molar-refractivity contribution is 5.60. The average Bonchev–Trinajstić information content (AvgIpc) is 2.41. The Morgan fingerprint density at radius 2 is 2.00 bits per heavy atom. The molecule has 3 heteroatoms. The van der Waals surface area contributed by atoms with E-state index in [0.717, 1.165) is 11.3 Å². The highest BCUT2D eigenvalue weighted by atomic mass is 19.1. The van der Waals surface area contributed by atoms with Crippen molar-refractivity contribution in [3.63, 3.8) is 0 Å². The van der Waals surface area contributed by atoms with Crippen LogP contribution in [0, 0.1) is 12.7 Å². The normalized spacial score (nSPS) is 12.3. The number of hydrogen-bond donors (Lipinski definition) is 0. The van der Waals surface area contributed by atoms with Crippen LogP contribution in [0.4, 0.5) is 4.39 Å². The minimum absolute atomic E-state index is 0.0893. The van der Waals surface area contributed by atoms with Gasteiger partial charge in [-0.05, 0) is 24.5 Å². The molecule has 0 fully saturated rings.